The van der Waals surface area contributed by atoms with Crippen molar-refractivity contribution < 1.29 is 22.7 Å². The van der Waals surface area contributed by atoms with E-state index in [0.717, 1.165) is 30.8 Å². The van der Waals surface area contributed by atoms with Gasteiger partial charge in [0.2, 0.25) is 5.91 Å². The van der Waals surface area contributed by atoms with Crippen LogP contribution in [-0.4, -0.2) is 83.1 Å². The Balaban J connectivity index is 1.50. The van der Waals surface area contributed by atoms with Crippen LogP contribution in [0.5, 0.6) is 6.01 Å². The third-order valence-corrected chi connectivity index (χ3v) is 8.72. The molecule has 12 heteroatoms. The molecular weight excluding hydrogens is 535 g/mol. The molecule has 3 aliphatic rings. The van der Waals surface area contributed by atoms with E-state index in [1.54, 1.807) is 4.90 Å². The zero-order valence-electron chi connectivity index (χ0n) is 23.9. The van der Waals surface area contributed by atoms with E-state index >= 15 is 0 Å². The molecule has 2 aromatic heterocycles. The van der Waals surface area contributed by atoms with Gasteiger partial charge in [-0.2, -0.15) is 23.1 Å². The molecule has 0 spiro atoms. The van der Waals surface area contributed by atoms with Crippen LogP contribution in [0.2, 0.25) is 0 Å². The lowest BCUT2D eigenvalue weighted by atomic mass is 9.75. The molecule has 3 atom stereocenters. The van der Waals surface area contributed by atoms with E-state index in [0.29, 0.717) is 44.9 Å². The number of likely N-dealkylation sites (tertiary alicyclic amines) is 1. The monoisotopic (exact) mass is 573 g/mol. The smallest absolute Gasteiger partial charge is 0.418 e. The van der Waals surface area contributed by atoms with E-state index < -0.39 is 17.7 Å². The molecule has 2 N–H and O–H groups in total. The lowest BCUT2D eigenvalue weighted by molar-refractivity contribution is -0.139. The molecular formula is C29H38F3N7O2. The van der Waals surface area contributed by atoms with Crippen molar-refractivity contribution in [3.8, 4) is 6.01 Å². The Kier molecular flexibility index (Phi) is 8.13. The van der Waals surface area contributed by atoms with Gasteiger partial charge in [0.1, 0.15) is 18.2 Å². The summed E-state index contributed by atoms with van der Waals surface area (Å²) in [5.74, 6) is 0.000123. The Morgan fingerprint density at radius 3 is 2.54 bits per heavy atom. The fourth-order valence-electron chi connectivity index (χ4n) is 6.43. The lowest BCUT2D eigenvalue weighted by Crippen LogP contribution is -2.49. The Labute approximate surface area is 238 Å². The van der Waals surface area contributed by atoms with Crippen LogP contribution >= 0.6 is 0 Å². The number of hydrogen-bond donors (Lipinski definition) is 1. The van der Waals surface area contributed by atoms with Crippen molar-refractivity contribution in [3.63, 3.8) is 0 Å². The maximum atomic E-state index is 14.2. The van der Waals surface area contributed by atoms with Gasteiger partial charge in [0, 0.05) is 43.7 Å². The first kappa shape index (κ1) is 29.1. The number of carbonyl (C=O) groups is 1. The summed E-state index contributed by atoms with van der Waals surface area (Å²) in [5.41, 5.74) is 6.86. The number of rotatable bonds is 6. The van der Waals surface area contributed by atoms with Gasteiger partial charge in [0.15, 0.2) is 0 Å². The minimum Gasteiger partial charge on any atom is -0.462 e. The summed E-state index contributed by atoms with van der Waals surface area (Å²) in [5, 5.41) is 0. The molecule has 0 radical (unpaired) electrons. The molecule has 9 nitrogen and oxygen atoms in total. The van der Waals surface area contributed by atoms with Crippen molar-refractivity contribution in [2.24, 2.45) is 5.92 Å². The molecule has 2 fully saturated rings. The van der Waals surface area contributed by atoms with Crippen LogP contribution in [0.25, 0.3) is 0 Å². The molecule has 0 bridgehead atoms. The van der Waals surface area contributed by atoms with Crippen LogP contribution in [0.15, 0.2) is 18.7 Å². The zero-order chi connectivity index (χ0) is 29.5. The standard InChI is InChI=1S/C29H38F3N7O2/c1-5-24(40)38-9-11-39(12-10-38)27-21-13-17(2)20(26-25(29(30,31)32)18(3)14-23(33)35-26)15-22(21)34-28(36-27)41-16-19-7-6-8-37(19)4/h5,14,17,19-20H,1,6-13,15-16H2,2-4H3,(H2,33,35)/t17-,19?,20-/m0/s1. The number of halogens is 3. The first-order chi connectivity index (χ1) is 19.5. The van der Waals surface area contributed by atoms with Gasteiger partial charge in [0.05, 0.1) is 17.0 Å². The summed E-state index contributed by atoms with van der Waals surface area (Å²) in [7, 11) is 2.06. The average Bonchev–Trinajstić information content (AvgIpc) is 3.34. The predicted molar refractivity (Wildman–Crippen MR) is 150 cm³/mol. The summed E-state index contributed by atoms with van der Waals surface area (Å²) in [4.78, 5) is 32.1. The second-order valence-electron chi connectivity index (χ2n) is 11.5. The van der Waals surface area contributed by atoms with Gasteiger partial charge in [-0.3, -0.25) is 4.79 Å². The van der Waals surface area contributed by atoms with Crippen molar-refractivity contribution in [3.05, 3.63) is 46.8 Å². The number of fused-ring (bicyclic) bond motifs is 1. The van der Waals surface area contributed by atoms with Gasteiger partial charge >= 0.3 is 12.2 Å². The van der Waals surface area contributed by atoms with Crippen molar-refractivity contribution in [1.29, 1.82) is 0 Å². The minimum absolute atomic E-state index is 0.0279. The van der Waals surface area contributed by atoms with Crippen LogP contribution in [0.3, 0.4) is 0 Å². The topological polar surface area (TPSA) is 101 Å². The fourth-order valence-corrected chi connectivity index (χ4v) is 6.43. The highest BCUT2D eigenvalue weighted by molar-refractivity contribution is 5.87. The molecule has 2 aliphatic heterocycles. The number of hydrogen-bond acceptors (Lipinski definition) is 8. The molecule has 2 saturated heterocycles. The van der Waals surface area contributed by atoms with E-state index in [4.69, 9.17) is 20.4 Å². The highest BCUT2D eigenvalue weighted by Crippen LogP contribution is 2.45. The number of nitrogens with zero attached hydrogens (tertiary/aromatic N) is 6. The Hall–Kier alpha value is -3.41. The molecule has 222 valence electrons. The molecule has 1 unspecified atom stereocenters. The summed E-state index contributed by atoms with van der Waals surface area (Å²) in [6.45, 7) is 10.6. The number of likely N-dealkylation sites (N-methyl/N-ethyl adjacent to an activating group) is 1. The first-order valence-electron chi connectivity index (χ1n) is 14.2. The highest BCUT2D eigenvalue weighted by Gasteiger charge is 2.42. The molecule has 2 aromatic rings. The summed E-state index contributed by atoms with van der Waals surface area (Å²) in [6, 6.07) is 1.76. The van der Waals surface area contributed by atoms with Gasteiger partial charge in [0.25, 0.3) is 0 Å². The summed E-state index contributed by atoms with van der Waals surface area (Å²) in [6.07, 6.45) is -0.367. The quantitative estimate of drug-likeness (QED) is 0.524. The van der Waals surface area contributed by atoms with Gasteiger partial charge in [-0.15, -0.1) is 0 Å². The van der Waals surface area contributed by atoms with Crippen molar-refractivity contribution in [2.75, 3.05) is 57.0 Å². The second kappa shape index (κ2) is 11.5. The van der Waals surface area contributed by atoms with Crippen LogP contribution in [0.1, 0.15) is 53.8 Å². The maximum absolute atomic E-state index is 14.2. The number of amides is 1. The van der Waals surface area contributed by atoms with Crippen LogP contribution < -0.4 is 15.4 Å². The molecule has 0 saturated carbocycles. The average molecular weight is 574 g/mol. The number of carbonyl (C=O) groups excluding carboxylic acids is 1. The summed E-state index contributed by atoms with van der Waals surface area (Å²) < 4.78 is 48.8. The number of aromatic nitrogens is 3. The number of nitrogen functional groups attached to an aromatic ring is 1. The number of pyridine rings is 1. The normalized spacial score (nSPS) is 23.4. The van der Waals surface area contributed by atoms with Gasteiger partial charge in [-0.05, 0) is 69.8 Å². The summed E-state index contributed by atoms with van der Waals surface area (Å²) >= 11 is 0. The number of piperazine rings is 1. The van der Waals surface area contributed by atoms with E-state index in [-0.39, 0.29) is 47.4 Å². The van der Waals surface area contributed by atoms with Crippen molar-refractivity contribution in [2.45, 2.75) is 57.7 Å². The van der Waals surface area contributed by atoms with E-state index in [2.05, 4.69) is 28.4 Å². The minimum atomic E-state index is -4.55. The second-order valence-corrected chi connectivity index (χ2v) is 11.5. The van der Waals surface area contributed by atoms with E-state index in [9.17, 15) is 18.0 Å². The van der Waals surface area contributed by atoms with E-state index in [1.807, 2.05) is 6.92 Å². The number of alkyl halides is 3. The largest absolute Gasteiger partial charge is 0.462 e. The Morgan fingerprint density at radius 1 is 1.17 bits per heavy atom. The molecule has 0 aromatic carbocycles. The molecule has 1 amide bonds. The van der Waals surface area contributed by atoms with Crippen molar-refractivity contribution in [1.82, 2.24) is 24.8 Å². The van der Waals surface area contributed by atoms with Gasteiger partial charge in [-0.1, -0.05) is 13.5 Å². The highest BCUT2D eigenvalue weighted by atomic mass is 19.4. The predicted octanol–water partition coefficient (Wildman–Crippen LogP) is 3.61. The first-order valence-corrected chi connectivity index (χ1v) is 14.2. The van der Waals surface area contributed by atoms with Gasteiger partial charge in [-0.25, -0.2) is 4.98 Å². The maximum Gasteiger partial charge on any atom is 0.418 e. The molecule has 5 rings (SSSR count). The number of aryl methyl sites for hydroxylation is 1. The van der Waals surface area contributed by atoms with E-state index in [1.165, 1.54) is 19.1 Å². The number of nitrogens with two attached hydrogens (primary N) is 1. The van der Waals surface area contributed by atoms with Crippen LogP contribution in [0, 0.1) is 12.8 Å². The Morgan fingerprint density at radius 2 is 1.90 bits per heavy atom. The zero-order valence-corrected chi connectivity index (χ0v) is 23.9. The fraction of sp³-hybridized carbons (Fsp3) is 0.586. The third-order valence-electron chi connectivity index (χ3n) is 8.72. The SMILES string of the molecule is C=CC(=O)N1CCN(c2nc(OCC3CCCN3C)nc3c2C[C@H](C)[C@@H](c2nc(N)cc(C)c2C(F)(F)F)C3)CC1. The molecule has 41 heavy (non-hydrogen) atoms. The van der Waals surface area contributed by atoms with Crippen LogP contribution in [0.4, 0.5) is 24.8 Å². The lowest BCUT2D eigenvalue weighted by Gasteiger charge is -2.38. The third kappa shape index (κ3) is 5.98. The van der Waals surface area contributed by atoms with Crippen molar-refractivity contribution >= 4 is 17.5 Å². The van der Waals surface area contributed by atoms with Gasteiger partial charge < -0.3 is 25.2 Å². The van der Waals surface area contributed by atoms with Crippen LogP contribution in [-0.2, 0) is 23.8 Å². The number of ether oxygens (including phenoxy) is 1. The molecule has 1 aliphatic carbocycles. The number of anilines is 2. The Bertz CT molecular complexity index is 1310. The molecule has 4 heterocycles.